The smallest absolute Gasteiger partial charge is 0.254 e. The zero-order chi connectivity index (χ0) is 24.9. The van der Waals surface area contributed by atoms with Crippen molar-refractivity contribution in [1.82, 2.24) is 20.2 Å². The number of aromatic amines is 1. The number of carbonyl (C=O) groups is 2. The van der Waals surface area contributed by atoms with E-state index in [9.17, 15) is 9.59 Å². The Morgan fingerprint density at radius 2 is 1.42 bits per heavy atom. The number of aromatic nitrogens is 2. The average Bonchev–Trinajstić information content (AvgIpc) is 3.36. The fourth-order valence-electron chi connectivity index (χ4n) is 4.24. The molecule has 1 heterocycles. The molecule has 0 aliphatic carbocycles. The van der Waals surface area contributed by atoms with Gasteiger partial charge in [0.15, 0.2) is 0 Å². The number of imidazole rings is 1. The molecule has 0 saturated heterocycles. The van der Waals surface area contributed by atoms with Crippen LogP contribution in [0.4, 0.5) is 0 Å². The van der Waals surface area contributed by atoms with Crippen molar-refractivity contribution in [3.63, 3.8) is 0 Å². The van der Waals surface area contributed by atoms with E-state index >= 15 is 0 Å². The molecular formula is C30H26N4O2. The average molecular weight is 475 g/mol. The summed E-state index contributed by atoms with van der Waals surface area (Å²) in [6.07, 6.45) is 0. The van der Waals surface area contributed by atoms with Crippen molar-refractivity contribution in [3.8, 4) is 11.4 Å². The number of fused-ring (bicyclic) bond motifs is 1. The Bertz CT molecular complexity index is 1440. The summed E-state index contributed by atoms with van der Waals surface area (Å²) in [6, 6.07) is 34.5. The molecule has 4 aromatic carbocycles. The highest BCUT2D eigenvalue weighted by Crippen LogP contribution is 2.23. The van der Waals surface area contributed by atoms with E-state index in [1.165, 1.54) is 4.90 Å². The zero-order valence-electron chi connectivity index (χ0n) is 19.9. The van der Waals surface area contributed by atoms with Gasteiger partial charge in [-0.15, -0.1) is 0 Å². The van der Waals surface area contributed by atoms with Crippen LogP contribution in [0.5, 0.6) is 0 Å². The number of hydrogen-bond donors (Lipinski definition) is 2. The van der Waals surface area contributed by atoms with Gasteiger partial charge in [-0.2, -0.15) is 0 Å². The Labute approximate surface area is 209 Å². The molecule has 6 nitrogen and oxygen atoms in total. The molecule has 0 atom stereocenters. The molecule has 2 N–H and O–H groups in total. The first-order valence-corrected chi connectivity index (χ1v) is 11.8. The van der Waals surface area contributed by atoms with Gasteiger partial charge in [-0.3, -0.25) is 9.59 Å². The predicted molar refractivity (Wildman–Crippen MR) is 141 cm³/mol. The number of H-pyrrole nitrogens is 1. The Morgan fingerprint density at radius 3 is 2.03 bits per heavy atom. The molecule has 5 aromatic rings. The van der Waals surface area contributed by atoms with Gasteiger partial charge in [-0.05, 0) is 29.3 Å². The first kappa shape index (κ1) is 23.1. The number of carbonyl (C=O) groups excluding carboxylic acids is 2. The monoisotopic (exact) mass is 474 g/mol. The highest BCUT2D eigenvalue weighted by atomic mass is 16.2. The summed E-state index contributed by atoms with van der Waals surface area (Å²) >= 11 is 0. The minimum absolute atomic E-state index is 0.0642. The van der Waals surface area contributed by atoms with Crippen molar-refractivity contribution in [2.45, 2.75) is 6.04 Å². The van der Waals surface area contributed by atoms with Crippen LogP contribution in [0.15, 0.2) is 109 Å². The van der Waals surface area contributed by atoms with Crippen molar-refractivity contribution in [2.24, 2.45) is 0 Å². The summed E-state index contributed by atoms with van der Waals surface area (Å²) in [7, 11) is 1.63. The molecule has 0 spiro atoms. The minimum Gasteiger partial charge on any atom is -0.344 e. The Balaban J connectivity index is 1.30. The molecular weight excluding hydrogens is 448 g/mol. The van der Waals surface area contributed by atoms with E-state index in [2.05, 4.69) is 15.3 Å². The van der Waals surface area contributed by atoms with E-state index in [1.807, 2.05) is 97.1 Å². The Morgan fingerprint density at radius 1 is 0.833 bits per heavy atom. The molecule has 0 aliphatic heterocycles. The van der Waals surface area contributed by atoms with Crippen LogP contribution in [0.25, 0.3) is 22.4 Å². The van der Waals surface area contributed by atoms with Gasteiger partial charge >= 0.3 is 0 Å². The van der Waals surface area contributed by atoms with Crippen molar-refractivity contribution in [3.05, 3.63) is 126 Å². The summed E-state index contributed by atoms with van der Waals surface area (Å²) in [5, 5.41) is 3.09. The summed E-state index contributed by atoms with van der Waals surface area (Å²) in [4.78, 5) is 35.5. The van der Waals surface area contributed by atoms with Crippen molar-refractivity contribution >= 4 is 22.8 Å². The lowest BCUT2D eigenvalue weighted by Gasteiger charge is -2.22. The standard InChI is InChI=1S/C30H26N4O2/c1-34(20-27(35)33-28(21-11-5-2-6-12-21)22-13-7-3-8-14-22)30(36)24-17-18-25-26(19-24)32-29(31-25)23-15-9-4-10-16-23/h2-19,28H,20H2,1H3,(H,31,32)(H,33,35). The number of likely N-dealkylation sites (N-methyl/N-ethyl adjacent to an activating group) is 1. The van der Waals surface area contributed by atoms with E-state index in [1.54, 1.807) is 19.2 Å². The second-order valence-electron chi connectivity index (χ2n) is 8.67. The van der Waals surface area contributed by atoms with Crippen LogP contribution in [0.1, 0.15) is 27.5 Å². The summed E-state index contributed by atoms with van der Waals surface area (Å²) in [5.74, 6) is 0.271. The van der Waals surface area contributed by atoms with Gasteiger partial charge < -0.3 is 15.2 Å². The highest BCUT2D eigenvalue weighted by Gasteiger charge is 2.20. The molecule has 0 bridgehead atoms. The lowest BCUT2D eigenvalue weighted by atomic mass is 9.99. The van der Waals surface area contributed by atoms with Crippen LogP contribution >= 0.6 is 0 Å². The van der Waals surface area contributed by atoms with Gasteiger partial charge in [0.25, 0.3) is 5.91 Å². The molecule has 1 aromatic heterocycles. The zero-order valence-corrected chi connectivity index (χ0v) is 19.9. The second-order valence-corrected chi connectivity index (χ2v) is 8.67. The predicted octanol–water partition coefficient (Wildman–Crippen LogP) is 5.21. The number of nitrogens with one attached hydrogen (secondary N) is 2. The quantitative estimate of drug-likeness (QED) is 0.340. The van der Waals surface area contributed by atoms with Crippen LogP contribution in [0, 0.1) is 0 Å². The first-order valence-electron chi connectivity index (χ1n) is 11.8. The topological polar surface area (TPSA) is 78.1 Å². The summed E-state index contributed by atoms with van der Waals surface area (Å²) in [5.41, 5.74) is 4.96. The molecule has 0 saturated carbocycles. The van der Waals surface area contributed by atoms with E-state index < -0.39 is 0 Å². The summed E-state index contributed by atoms with van der Waals surface area (Å²) < 4.78 is 0. The van der Waals surface area contributed by atoms with Crippen LogP contribution in [0.2, 0.25) is 0 Å². The molecule has 0 aliphatic rings. The van der Waals surface area contributed by atoms with Crippen LogP contribution in [-0.4, -0.2) is 40.3 Å². The second kappa shape index (κ2) is 10.3. The van der Waals surface area contributed by atoms with Crippen LogP contribution in [0.3, 0.4) is 0 Å². The van der Waals surface area contributed by atoms with Gasteiger partial charge in [0, 0.05) is 18.2 Å². The number of hydrogen-bond acceptors (Lipinski definition) is 3. The Kier molecular flexibility index (Phi) is 6.58. The van der Waals surface area contributed by atoms with E-state index in [4.69, 9.17) is 0 Å². The molecule has 0 unspecified atom stereocenters. The SMILES string of the molecule is CN(CC(=O)NC(c1ccccc1)c1ccccc1)C(=O)c1ccc2nc(-c3ccccc3)[nH]c2c1. The third-order valence-electron chi connectivity index (χ3n) is 6.07. The van der Waals surface area contributed by atoms with E-state index in [0.29, 0.717) is 5.56 Å². The lowest BCUT2D eigenvalue weighted by Crippen LogP contribution is -2.40. The fourth-order valence-corrected chi connectivity index (χ4v) is 4.24. The largest absolute Gasteiger partial charge is 0.344 e. The van der Waals surface area contributed by atoms with Gasteiger partial charge in [-0.1, -0.05) is 91.0 Å². The molecule has 5 rings (SSSR count). The molecule has 0 radical (unpaired) electrons. The third-order valence-corrected chi connectivity index (χ3v) is 6.07. The number of nitrogens with zero attached hydrogens (tertiary/aromatic N) is 2. The number of amides is 2. The van der Waals surface area contributed by atoms with Gasteiger partial charge in [0.05, 0.1) is 23.6 Å². The van der Waals surface area contributed by atoms with Crippen LogP contribution < -0.4 is 5.32 Å². The van der Waals surface area contributed by atoms with E-state index in [0.717, 1.165) is 33.5 Å². The Hall–Kier alpha value is -4.71. The lowest BCUT2D eigenvalue weighted by molar-refractivity contribution is -0.122. The highest BCUT2D eigenvalue weighted by molar-refractivity contribution is 5.99. The third kappa shape index (κ3) is 5.03. The molecule has 0 fully saturated rings. The maximum absolute atomic E-state index is 13.1. The summed E-state index contributed by atoms with van der Waals surface area (Å²) in [6.45, 7) is -0.0642. The first-order chi connectivity index (χ1) is 17.6. The maximum atomic E-state index is 13.1. The molecule has 178 valence electrons. The number of benzene rings is 4. The molecule has 36 heavy (non-hydrogen) atoms. The van der Waals surface area contributed by atoms with Crippen LogP contribution in [-0.2, 0) is 4.79 Å². The molecule has 6 heteroatoms. The fraction of sp³-hybridized carbons (Fsp3) is 0.100. The maximum Gasteiger partial charge on any atom is 0.254 e. The van der Waals surface area contributed by atoms with Crippen molar-refractivity contribution in [2.75, 3.05) is 13.6 Å². The minimum atomic E-state index is -0.304. The van der Waals surface area contributed by atoms with Gasteiger partial charge in [0.2, 0.25) is 5.91 Å². The van der Waals surface area contributed by atoms with Gasteiger partial charge in [-0.25, -0.2) is 4.98 Å². The van der Waals surface area contributed by atoms with Crippen molar-refractivity contribution < 1.29 is 9.59 Å². The molecule has 2 amide bonds. The van der Waals surface area contributed by atoms with Crippen molar-refractivity contribution in [1.29, 1.82) is 0 Å². The van der Waals surface area contributed by atoms with E-state index in [-0.39, 0.29) is 24.4 Å². The van der Waals surface area contributed by atoms with Gasteiger partial charge in [0.1, 0.15) is 5.82 Å². The number of rotatable bonds is 7. The normalized spacial score (nSPS) is 10.9.